The van der Waals surface area contributed by atoms with Gasteiger partial charge in [0.2, 0.25) is 0 Å². The molecule has 3 rings (SSSR count). The van der Waals surface area contributed by atoms with E-state index in [1.807, 2.05) is 19.9 Å². The molecule has 0 saturated heterocycles. The van der Waals surface area contributed by atoms with E-state index in [0.29, 0.717) is 23.1 Å². The van der Waals surface area contributed by atoms with Crippen LogP contribution in [-0.2, 0) is 14.8 Å². The van der Waals surface area contributed by atoms with E-state index in [4.69, 9.17) is 4.74 Å². The van der Waals surface area contributed by atoms with Crippen LogP contribution in [0.1, 0.15) is 16.7 Å². The predicted molar refractivity (Wildman–Crippen MR) is 118 cm³/mol. The molecule has 0 aromatic heterocycles. The fraction of sp³-hybridized carbons (Fsp3) is 0.174. The molecule has 2 N–H and O–H groups in total. The van der Waals surface area contributed by atoms with E-state index < -0.39 is 34.2 Å². The van der Waals surface area contributed by atoms with E-state index in [1.165, 1.54) is 18.2 Å². The molecule has 0 radical (unpaired) electrons. The summed E-state index contributed by atoms with van der Waals surface area (Å²) < 4.78 is 60.0. The van der Waals surface area contributed by atoms with Gasteiger partial charge in [-0.1, -0.05) is 6.07 Å². The average molecular weight is 461 g/mol. The normalized spacial score (nSPS) is 11.2. The Morgan fingerprint density at radius 2 is 1.66 bits per heavy atom. The number of aryl methyl sites for hydroxylation is 3. The smallest absolute Gasteiger partial charge is 0.262 e. The highest BCUT2D eigenvalue weighted by atomic mass is 32.2. The van der Waals surface area contributed by atoms with Gasteiger partial charge in [0.25, 0.3) is 15.9 Å². The van der Waals surface area contributed by atoms with E-state index in [2.05, 4.69) is 10.0 Å². The fourth-order valence-electron chi connectivity index (χ4n) is 2.89. The minimum absolute atomic E-state index is 0.0402. The maximum atomic E-state index is 13.6. The highest BCUT2D eigenvalue weighted by molar-refractivity contribution is 7.92. The summed E-state index contributed by atoms with van der Waals surface area (Å²) in [7, 11) is -3.82. The van der Waals surface area contributed by atoms with Crippen LogP contribution in [0.25, 0.3) is 0 Å². The molecule has 0 aliphatic heterocycles. The van der Waals surface area contributed by atoms with Crippen LogP contribution < -0.4 is 14.8 Å². The van der Waals surface area contributed by atoms with E-state index in [1.54, 1.807) is 19.1 Å². The number of anilines is 2. The molecule has 0 aliphatic carbocycles. The quantitative estimate of drug-likeness (QED) is 0.535. The lowest BCUT2D eigenvalue weighted by molar-refractivity contribution is -0.118. The predicted octanol–water partition coefficient (Wildman–Crippen LogP) is 4.71. The lowest BCUT2D eigenvalue weighted by Gasteiger charge is -2.13. The molecule has 3 aromatic rings. The summed E-state index contributed by atoms with van der Waals surface area (Å²) >= 11 is 0. The van der Waals surface area contributed by atoms with Gasteiger partial charge in [-0.3, -0.25) is 9.52 Å². The van der Waals surface area contributed by atoms with Crippen molar-refractivity contribution in [3.63, 3.8) is 0 Å². The van der Waals surface area contributed by atoms with Crippen LogP contribution in [0, 0.1) is 32.4 Å². The van der Waals surface area contributed by atoms with Crippen molar-refractivity contribution in [2.24, 2.45) is 0 Å². The number of carbonyl (C=O) groups is 1. The second-order valence-electron chi connectivity index (χ2n) is 7.29. The van der Waals surface area contributed by atoms with E-state index in [9.17, 15) is 22.0 Å². The Kier molecular flexibility index (Phi) is 6.78. The van der Waals surface area contributed by atoms with Gasteiger partial charge < -0.3 is 10.1 Å². The van der Waals surface area contributed by atoms with Crippen molar-refractivity contribution in [1.29, 1.82) is 0 Å². The maximum absolute atomic E-state index is 13.6. The van der Waals surface area contributed by atoms with Crippen molar-refractivity contribution in [2.75, 3.05) is 16.6 Å². The number of sulfonamides is 1. The third-order valence-corrected chi connectivity index (χ3v) is 6.16. The van der Waals surface area contributed by atoms with Gasteiger partial charge in [-0.2, -0.15) is 0 Å². The first kappa shape index (κ1) is 23.2. The van der Waals surface area contributed by atoms with Gasteiger partial charge in [-0.15, -0.1) is 0 Å². The number of nitrogens with one attached hydrogen (secondary N) is 2. The Balaban J connectivity index is 1.66. The molecule has 0 aliphatic rings. The van der Waals surface area contributed by atoms with Gasteiger partial charge in [0, 0.05) is 11.8 Å². The zero-order valence-corrected chi connectivity index (χ0v) is 18.5. The third kappa shape index (κ3) is 5.61. The van der Waals surface area contributed by atoms with Crippen molar-refractivity contribution >= 4 is 27.3 Å². The standard InChI is InChI=1S/C23H22F2N2O4S/c1-14-4-6-18(10-15(14)2)27-32(29,30)19-7-9-22(16(3)11-19)31-13-23(28)26-21-8-5-17(24)12-20(21)25/h4-12,27H,13H2,1-3H3,(H,26,28). The lowest BCUT2D eigenvalue weighted by Crippen LogP contribution is -2.21. The van der Waals surface area contributed by atoms with Crippen molar-refractivity contribution in [3.05, 3.63) is 82.9 Å². The second-order valence-corrected chi connectivity index (χ2v) is 8.98. The number of rotatable bonds is 7. The Morgan fingerprint density at radius 1 is 0.906 bits per heavy atom. The van der Waals surface area contributed by atoms with Gasteiger partial charge in [0.05, 0.1) is 10.6 Å². The Morgan fingerprint density at radius 3 is 2.31 bits per heavy atom. The summed E-state index contributed by atoms with van der Waals surface area (Å²) in [5, 5.41) is 2.29. The maximum Gasteiger partial charge on any atom is 0.262 e. The number of hydrogen-bond donors (Lipinski definition) is 2. The van der Waals surface area contributed by atoms with Crippen LogP contribution in [0.2, 0.25) is 0 Å². The molecule has 3 aromatic carbocycles. The van der Waals surface area contributed by atoms with Gasteiger partial charge in [0.15, 0.2) is 6.61 Å². The highest BCUT2D eigenvalue weighted by Crippen LogP contribution is 2.24. The number of ether oxygens (including phenoxy) is 1. The minimum atomic E-state index is -3.82. The highest BCUT2D eigenvalue weighted by Gasteiger charge is 2.17. The summed E-state index contributed by atoms with van der Waals surface area (Å²) in [6.45, 7) is 5.03. The summed E-state index contributed by atoms with van der Waals surface area (Å²) in [6.07, 6.45) is 0. The zero-order chi connectivity index (χ0) is 23.5. The molecule has 0 bridgehead atoms. The molecule has 0 spiro atoms. The van der Waals surface area contributed by atoms with E-state index in [0.717, 1.165) is 23.3 Å². The molecule has 0 unspecified atom stereocenters. The van der Waals surface area contributed by atoms with E-state index in [-0.39, 0.29) is 10.6 Å². The van der Waals surface area contributed by atoms with Crippen molar-refractivity contribution in [1.82, 2.24) is 0 Å². The number of hydrogen-bond acceptors (Lipinski definition) is 4. The number of halogens is 2. The minimum Gasteiger partial charge on any atom is -0.483 e. The van der Waals surface area contributed by atoms with Crippen LogP contribution in [0.15, 0.2) is 59.5 Å². The molecule has 32 heavy (non-hydrogen) atoms. The summed E-state index contributed by atoms with van der Waals surface area (Å²) in [5.41, 5.74) is 2.79. The first-order chi connectivity index (χ1) is 15.0. The first-order valence-electron chi connectivity index (χ1n) is 9.63. The van der Waals surface area contributed by atoms with Crippen LogP contribution in [-0.4, -0.2) is 20.9 Å². The van der Waals surface area contributed by atoms with Crippen molar-refractivity contribution in [2.45, 2.75) is 25.7 Å². The van der Waals surface area contributed by atoms with Gasteiger partial charge in [-0.05, 0) is 79.9 Å². The van der Waals surface area contributed by atoms with Crippen molar-refractivity contribution in [3.8, 4) is 5.75 Å². The summed E-state index contributed by atoms with van der Waals surface area (Å²) in [6, 6.07) is 12.3. The average Bonchev–Trinajstić information content (AvgIpc) is 2.71. The van der Waals surface area contributed by atoms with E-state index >= 15 is 0 Å². The first-order valence-corrected chi connectivity index (χ1v) is 11.1. The number of carbonyl (C=O) groups excluding carboxylic acids is 1. The van der Waals surface area contributed by atoms with Gasteiger partial charge in [-0.25, -0.2) is 17.2 Å². The monoisotopic (exact) mass is 460 g/mol. The van der Waals surface area contributed by atoms with Crippen LogP contribution in [0.5, 0.6) is 5.75 Å². The lowest BCUT2D eigenvalue weighted by atomic mass is 10.1. The van der Waals surface area contributed by atoms with Gasteiger partial charge >= 0.3 is 0 Å². The fourth-order valence-corrected chi connectivity index (χ4v) is 4.02. The van der Waals surface area contributed by atoms with Crippen LogP contribution in [0.3, 0.4) is 0 Å². The Labute approximate surface area is 185 Å². The Bertz CT molecular complexity index is 1280. The van der Waals surface area contributed by atoms with Gasteiger partial charge in [0.1, 0.15) is 17.4 Å². The zero-order valence-electron chi connectivity index (χ0n) is 17.7. The molecular formula is C23H22F2N2O4S. The molecular weight excluding hydrogens is 438 g/mol. The third-order valence-electron chi connectivity index (χ3n) is 4.78. The molecule has 9 heteroatoms. The molecule has 168 valence electrons. The van der Waals surface area contributed by atoms with Crippen LogP contribution in [0.4, 0.5) is 20.2 Å². The number of amides is 1. The Hall–Kier alpha value is -3.46. The van der Waals surface area contributed by atoms with Crippen LogP contribution >= 0.6 is 0 Å². The molecule has 6 nitrogen and oxygen atoms in total. The topological polar surface area (TPSA) is 84.5 Å². The molecule has 0 heterocycles. The van der Waals surface area contributed by atoms with Crippen molar-refractivity contribution < 1.29 is 26.7 Å². The molecule has 0 saturated carbocycles. The molecule has 1 amide bonds. The largest absolute Gasteiger partial charge is 0.483 e. The molecule has 0 atom stereocenters. The molecule has 0 fully saturated rings. The SMILES string of the molecule is Cc1ccc(NS(=O)(=O)c2ccc(OCC(=O)Nc3ccc(F)cc3F)c(C)c2)cc1C. The summed E-state index contributed by atoms with van der Waals surface area (Å²) in [4.78, 5) is 12.1. The number of benzene rings is 3. The second kappa shape index (κ2) is 9.35. The summed E-state index contributed by atoms with van der Waals surface area (Å²) in [5.74, 6) is -2.01.